The van der Waals surface area contributed by atoms with Crippen LogP contribution in [0.3, 0.4) is 0 Å². The quantitative estimate of drug-likeness (QED) is 0.249. The lowest BCUT2D eigenvalue weighted by Gasteiger charge is -2.11. The van der Waals surface area contributed by atoms with Crippen molar-refractivity contribution in [2.75, 3.05) is 0 Å². The lowest BCUT2D eigenvalue weighted by molar-refractivity contribution is -0.384. The van der Waals surface area contributed by atoms with Crippen LogP contribution in [0.5, 0.6) is 5.75 Å². The highest BCUT2D eigenvalue weighted by Gasteiger charge is 2.33. The third kappa shape index (κ3) is 5.24. The van der Waals surface area contributed by atoms with Gasteiger partial charge in [-0.05, 0) is 41.8 Å². The summed E-state index contributed by atoms with van der Waals surface area (Å²) >= 11 is 0. The number of ether oxygens (including phenoxy) is 1. The number of imide groups is 1. The van der Waals surface area contributed by atoms with E-state index in [2.05, 4.69) is 5.32 Å². The largest absolute Gasteiger partial charge is 0.489 e. The second kappa shape index (κ2) is 9.35. The van der Waals surface area contributed by atoms with Crippen LogP contribution < -0.4 is 10.1 Å². The predicted octanol–water partition coefficient (Wildman–Crippen LogP) is 4.58. The average Bonchev–Trinajstić information content (AvgIpc) is 3.07. The van der Waals surface area contributed by atoms with Crippen LogP contribution in [0.15, 0.2) is 78.5 Å². The first-order chi connectivity index (χ1) is 15.9. The van der Waals surface area contributed by atoms with Crippen LogP contribution in [-0.2, 0) is 17.9 Å². The molecule has 8 heteroatoms. The van der Waals surface area contributed by atoms with Gasteiger partial charge in [0.25, 0.3) is 11.6 Å². The number of benzene rings is 3. The molecule has 4 rings (SSSR count). The molecule has 1 fully saturated rings. The van der Waals surface area contributed by atoms with Crippen molar-refractivity contribution < 1.29 is 19.2 Å². The van der Waals surface area contributed by atoms with Crippen molar-refractivity contribution in [3.63, 3.8) is 0 Å². The highest BCUT2D eigenvalue weighted by atomic mass is 16.6. The number of nitro benzene ring substituents is 1. The molecule has 8 nitrogen and oxygen atoms in total. The fourth-order valence-corrected chi connectivity index (χ4v) is 3.34. The van der Waals surface area contributed by atoms with Gasteiger partial charge in [0.05, 0.1) is 11.5 Å². The van der Waals surface area contributed by atoms with Crippen LogP contribution in [0.25, 0.3) is 6.08 Å². The molecule has 1 heterocycles. The number of hydrogen-bond donors (Lipinski definition) is 1. The molecule has 3 aromatic rings. The lowest BCUT2D eigenvalue weighted by atomic mass is 10.1. The second-order valence-electron chi connectivity index (χ2n) is 7.65. The number of carbonyl (C=O) groups excluding carboxylic acids is 2. The molecular weight excluding hydrogens is 422 g/mol. The third-order valence-corrected chi connectivity index (χ3v) is 5.14. The zero-order chi connectivity index (χ0) is 23.4. The molecule has 0 atom stereocenters. The summed E-state index contributed by atoms with van der Waals surface area (Å²) in [5.74, 6) is 0.193. The molecular formula is C25H21N3O5. The predicted molar refractivity (Wildman–Crippen MR) is 122 cm³/mol. The molecule has 166 valence electrons. The van der Waals surface area contributed by atoms with E-state index in [1.165, 1.54) is 17.0 Å². The van der Waals surface area contributed by atoms with Crippen molar-refractivity contribution in [2.45, 2.75) is 20.1 Å². The SMILES string of the molecule is Cc1ccc(CN2C(=O)N/C(=C/c3ccc(OCc4cccc([N+](=O)[O-])c4)cc3)C2=O)cc1. The van der Waals surface area contributed by atoms with E-state index in [0.717, 1.165) is 16.7 Å². The Morgan fingerprint density at radius 1 is 1.00 bits per heavy atom. The number of urea groups is 1. The fourth-order valence-electron chi connectivity index (χ4n) is 3.34. The van der Waals surface area contributed by atoms with E-state index in [-0.39, 0.29) is 30.4 Å². The van der Waals surface area contributed by atoms with Gasteiger partial charge in [0.15, 0.2) is 0 Å². The van der Waals surface area contributed by atoms with Crippen LogP contribution in [0.2, 0.25) is 0 Å². The number of rotatable bonds is 7. The Hall–Kier alpha value is -4.46. The zero-order valence-electron chi connectivity index (χ0n) is 17.9. The van der Waals surface area contributed by atoms with Gasteiger partial charge in [-0.25, -0.2) is 4.79 Å². The van der Waals surface area contributed by atoms with Crippen LogP contribution >= 0.6 is 0 Å². The standard InChI is InChI=1S/C25H21N3O5/c1-17-5-7-19(8-6-17)15-27-24(29)23(26-25(27)30)14-18-9-11-22(12-10-18)33-16-20-3-2-4-21(13-20)28(31)32/h2-14H,15-16H2,1H3,(H,26,30)/b23-14+. The van der Waals surface area contributed by atoms with Gasteiger partial charge in [-0.1, -0.05) is 54.1 Å². The van der Waals surface area contributed by atoms with Crippen molar-refractivity contribution in [3.8, 4) is 5.75 Å². The van der Waals surface area contributed by atoms with Gasteiger partial charge in [-0.2, -0.15) is 0 Å². The summed E-state index contributed by atoms with van der Waals surface area (Å²) in [5, 5.41) is 13.5. The van der Waals surface area contributed by atoms with Gasteiger partial charge in [0, 0.05) is 12.1 Å². The molecule has 3 aromatic carbocycles. The minimum absolute atomic E-state index is 0.0118. The topological polar surface area (TPSA) is 102 Å². The highest BCUT2D eigenvalue weighted by molar-refractivity contribution is 6.13. The molecule has 0 aliphatic carbocycles. The van der Waals surface area contributed by atoms with Crippen LogP contribution in [0.4, 0.5) is 10.5 Å². The van der Waals surface area contributed by atoms with Gasteiger partial charge in [0.1, 0.15) is 18.1 Å². The molecule has 1 saturated heterocycles. The lowest BCUT2D eigenvalue weighted by Crippen LogP contribution is -2.30. The van der Waals surface area contributed by atoms with Crippen molar-refractivity contribution in [3.05, 3.63) is 111 Å². The molecule has 1 aliphatic rings. The summed E-state index contributed by atoms with van der Waals surface area (Å²) in [6.45, 7) is 2.36. The second-order valence-corrected chi connectivity index (χ2v) is 7.65. The van der Waals surface area contributed by atoms with E-state index in [1.807, 2.05) is 31.2 Å². The van der Waals surface area contributed by atoms with Gasteiger partial charge in [0.2, 0.25) is 0 Å². The van der Waals surface area contributed by atoms with E-state index >= 15 is 0 Å². The van der Waals surface area contributed by atoms with Crippen LogP contribution in [0, 0.1) is 17.0 Å². The average molecular weight is 443 g/mol. The summed E-state index contributed by atoms with van der Waals surface area (Å²) in [4.78, 5) is 36.6. The molecule has 0 radical (unpaired) electrons. The summed E-state index contributed by atoms with van der Waals surface area (Å²) in [6, 6.07) is 20.5. The highest BCUT2D eigenvalue weighted by Crippen LogP contribution is 2.20. The van der Waals surface area contributed by atoms with Crippen molar-refractivity contribution in [1.82, 2.24) is 10.2 Å². The van der Waals surface area contributed by atoms with Gasteiger partial charge in [-0.15, -0.1) is 0 Å². The molecule has 0 saturated carbocycles. The summed E-state index contributed by atoms with van der Waals surface area (Å²) < 4.78 is 5.69. The number of nitrogens with zero attached hydrogens (tertiary/aromatic N) is 2. The number of nitrogens with one attached hydrogen (secondary N) is 1. The van der Waals surface area contributed by atoms with E-state index < -0.39 is 11.0 Å². The van der Waals surface area contributed by atoms with Crippen LogP contribution in [-0.4, -0.2) is 21.8 Å². The Balaban J connectivity index is 1.39. The van der Waals surface area contributed by atoms with Gasteiger partial charge < -0.3 is 10.1 Å². The Bertz CT molecular complexity index is 1230. The van der Waals surface area contributed by atoms with E-state index in [0.29, 0.717) is 11.3 Å². The van der Waals surface area contributed by atoms with Gasteiger partial charge >= 0.3 is 6.03 Å². The molecule has 0 unspecified atom stereocenters. The Morgan fingerprint density at radius 3 is 2.42 bits per heavy atom. The Labute approximate surface area is 190 Å². The number of non-ortho nitro benzene ring substituents is 1. The number of nitro groups is 1. The summed E-state index contributed by atoms with van der Waals surface area (Å²) in [6.07, 6.45) is 1.61. The minimum atomic E-state index is -0.455. The summed E-state index contributed by atoms with van der Waals surface area (Å²) in [5.41, 5.74) is 3.60. The molecule has 0 bridgehead atoms. The number of amides is 3. The molecule has 33 heavy (non-hydrogen) atoms. The first kappa shape index (κ1) is 21.8. The number of carbonyl (C=O) groups is 2. The van der Waals surface area contributed by atoms with Gasteiger partial charge in [-0.3, -0.25) is 19.8 Å². The summed E-state index contributed by atoms with van der Waals surface area (Å²) in [7, 11) is 0. The molecule has 1 N–H and O–H groups in total. The van der Waals surface area contributed by atoms with E-state index in [1.54, 1.807) is 42.5 Å². The minimum Gasteiger partial charge on any atom is -0.489 e. The number of hydrogen-bond acceptors (Lipinski definition) is 5. The number of aryl methyl sites for hydroxylation is 1. The monoisotopic (exact) mass is 443 g/mol. The van der Waals surface area contributed by atoms with Crippen LogP contribution in [0.1, 0.15) is 22.3 Å². The third-order valence-electron chi connectivity index (χ3n) is 5.14. The smallest absolute Gasteiger partial charge is 0.329 e. The Morgan fingerprint density at radius 2 is 1.73 bits per heavy atom. The first-order valence-electron chi connectivity index (χ1n) is 10.3. The van der Waals surface area contributed by atoms with Crippen molar-refractivity contribution >= 4 is 23.7 Å². The normalized spacial score (nSPS) is 14.5. The fraction of sp³-hybridized carbons (Fsp3) is 0.120. The van der Waals surface area contributed by atoms with E-state index in [4.69, 9.17) is 4.74 Å². The van der Waals surface area contributed by atoms with Crippen molar-refractivity contribution in [2.24, 2.45) is 0 Å². The maximum atomic E-state index is 12.7. The van der Waals surface area contributed by atoms with E-state index in [9.17, 15) is 19.7 Å². The maximum Gasteiger partial charge on any atom is 0.329 e. The molecule has 3 amide bonds. The molecule has 1 aliphatic heterocycles. The molecule has 0 aromatic heterocycles. The van der Waals surface area contributed by atoms with Crippen molar-refractivity contribution in [1.29, 1.82) is 0 Å². The Kier molecular flexibility index (Phi) is 6.17. The molecule has 0 spiro atoms. The first-order valence-corrected chi connectivity index (χ1v) is 10.3. The maximum absolute atomic E-state index is 12.7. The zero-order valence-corrected chi connectivity index (χ0v) is 17.9.